The van der Waals surface area contributed by atoms with Crippen LogP contribution >= 0.6 is 12.2 Å². The Bertz CT molecular complexity index is 373. The second kappa shape index (κ2) is 4.06. The lowest BCUT2D eigenvalue weighted by Gasteiger charge is -2.36. The van der Waals surface area contributed by atoms with E-state index in [1.54, 1.807) is 6.33 Å². The summed E-state index contributed by atoms with van der Waals surface area (Å²) in [6, 6.07) is 0. The van der Waals surface area contributed by atoms with Gasteiger partial charge in [0.1, 0.15) is 6.33 Å². The number of aromatic amines is 1. The van der Waals surface area contributed by atoms with Gasteiger partial charge in [0.05, 0.1) is 0 Å². The van der Waals surface area contributed by atoms with E-state index in [0.717, 1.165) is 11.3 Å². The molecular weight excluding hydrogens is 208 g/mol. The Morgan fingerprint density at radius 3 is 2.67 bits per heavy atom. The lowest BCUT2D eigenvalue weighted by molar-refractivity contribution is 0.133. The molecule has 1 aromatic rings. The van der Waals surface area contributed by atoms with E-state index in [4.69, 9.17) is 12.2 Å². The Kier molecular flexibility index (Phi) is 2.93. The second-order valence-electron chi connectivity index (χ2n) is 4.62. The first-order chi connectivity index (χ1) is 7.14. The third-order valence-electron chi connectivity index (χ3n) is 3.57. The van der Waals surface area contributed by atoms with Crippen molar-refractivity contribution in [3.8, 4) is 0 Å². The average molecular weight is 226 g/mol. The molecule has 84 valence electrons. The molecule has 1 fully saturated rings. The summed E-state index contributed by atoms with van der Waals surface area (Å²) in [7, 11) is 4.32. The Labute approximate surface area is 95.3 Å². The molecule has 0 saturated heterocycles. The van der Waals surface area contributed by atoms with Gasteiger partial charge in [0.15, 0.2) is 4.77 Å². The number of hydrogen-bond acceptors (Lipinski definition) is 3. The molecule has 4 nitrogen and oxygen atoms in total. The maximum Gasteiger partial charge on any atom is 0.195 e. The topological polar surface area (TPSA) is 36.9 Å². The van der Waals surface area contributed by atoms with Crippen molar-refractivity contribution in [3.63, 3.8) is 0 Å². The summed E-state index contributed by atoms with van der Waals surface area (Å²) < 4.78 is 2.77. The van der Waals surface area contributed by atoms with Gasteiger partial charge in [-0.15, -0.1) is 0 Å². The number of rotatable bonds is 3. The van der Waals surface area contributed by atoms with Crippen LogP contribution in [0.4, 0.5) is 0 Å². The highest BCUT2D eigenvalue weighted by Gasteiger charge is 2.36. The zero-order chi connectivity index (χ0) is 10.9. The zero-order valence-electron chi connectivity index (χ0n) is 9.36. The van der Waals surface area contributed by atoms with Gasteiger partial charge in [-0.05, 0) is 39.2 Å². The highest BCUT2D eigenvalue weighted by atomic mass is 32.1. The van der Waals surface area contributed by atoms with E-state index in [0.29, 0.717) is 0 Å². The molecular formula is C10H18N4S. The van der Waals surface area contributed by atoms with E-state index in [2.05, 4.69) is 29.2 Å². The van der Waals surface area contributed by atoms with Crippen molar-refractivity contribution in [2.45, 2.75) is 37.8 Å². The largest absolute Gasteiger partial charge is 0.305 e. The van der Waals surface area contributed by atoms with E-state index in [-0.39, 0.29) is 5.54 Å². The van der Waals surface area contributed by atoms with Crippen molar-refractivity contribution in [1.82, 2.24) is 19.7 Å². The van der Waals surface area contributed by atoms with Crippen LogP contribution in [0.5, 0.6) is 0 Å². The van der Waals surface area contributed by atoms with Gasteiger partial charge >= 0.3 is 0 Å². The minimum atomic E-state index is 0.280. The van der Waals surface area contributed by atoms with E-state index in [9.17, 15) is 0 Å². The van der Waals surface area contributed by atoms with Gasteiger partial charge in [-0.2, -0.15) is 5.10 Å². The lowest BCUT2D eigenvalue weighted by atomic mass is 9.96. The molecule has 1 N–H and O–H groups in total. The molecule has 0 amide bonds. The number of nitrogens with zero attached hydrogens (tertiary/aromatic N) is 3. The van der Waals surface area contributed by atoms with Gasteiger partial charge in [-0.3, -0.25) is 5.10 Å². The quantitative estimate of drug-likeness (QED) is 0.799. The van der Waals surface area contributed by atoms with Crippen LogP contribution in [-0.2, 0) is 6.54 Å². The highest BCUT2D eigenvalue weighted by molar-refractivity contribution is 7.71. The zero-order valence-corrected chi connectivity index (χ0v) is 10.2. The van der Waals surface area contributed by atoms with Gasteiger partial charge in [0.25, 0.3) is 0 Å². The summed E-state index contributed by atoms with van der Waals surface area (Å²) in [6.07, 6.45) is 6.96. The molecule has 0 spiro atoms. The van der Waals surface area contributed by atoms with Crippen LogP contribution in [0, 0.1) is 4.77 Å². The lowest BCUT2D eigenvalue weighted by Crippen LogP contribution is -2.45. The van der Waals surface area contributed by atoms with E-state index in [1.165, 1.54) is 25.7 Å². The van der Waals surface area contributed by atoms with Gasteiger partial charge in [-0.1, -0.05) is 12.8 Å². The first-order valence-corrected chi connectivity index (χ1v) is 5.82. The molecule has 1 aromatic heterocycles. The number of nitrogens with one attached hydrogen (secondary N) is 1. The predicted molar refractivity (Wildman–Crippen MR) is 62.3 cm³/mol. The van der Waals surface area contributed by atoms with Crippen LogP contribution in [0.25, 0.3) is 0 Å². The monoisotopic (exact) mass is 226 g/mol. The number of H-pyrrole nitrogens is 1. The average Bonchev–Trinajstić information content (AvgIpc) is 2.78. The molecule has 1 saturated carbocycles. The van der Waals surface area contributed by atoms with Gasteiger partial charge in [0, 0.05) is 12.1 Å². The summed E-state index contributed by atoms with van der Waals surface area (Å²) in [5.41, 5.74) is 0.280. The molecule has 0 atom stereocenters. The first kappa shape index (κ1) is 10.8. The fourth-order valence-electron chi connectivity index (χ4n) is 2.48. The van der Waals surface area contributed by atoms with E-state index >= 15 is 0 Å². The molecule has 15 heavy (non-hydrogen) atoms. The van der Waals surface area contributed by atoms with Crippen molar-refractivity contribution in [2.24, 2.45) is 0 Å². The molecule has 0 unspecified atom stereocenters. The molecule has 0 bridgehead atoms. The molecule has 5 heteroatoms. The van der Waals surface area contributed by atoms with Gasteiger partial charge in [0.2, 0.25) is 0 Å². The van der Waals surface area contributed by atoms with Crippen LogP contribution in [0.2, 0.25) is 0 Å². The highest BCUT2D eigenvalue weighted by Crippen LogP contribution is 2.35. The third-order valence-corrected chi connectivity index (χ3v) is 3.89. The SMILES string of the molecule is CN(C)C1(Cn2cn[nH]c2=S)CCCC1. The molecule has 1 aliphatic rings. The van der Waals surface area contributed by atoms with Crippen LogP contribution in [0.3, 0.4) is 0 Å². The molecule has 1 heterocycles. The van der Waals surface area contributed by atoms with Crippen LogP contribution < -0.4 is 0 Å². The minimum Gasteiger partial charge on any atom is -0.305 e. The molecule has 0 aromatic carbocycles. The summed E-state index contributed by atoms with van der Waals surface area (Å²) in [4.78, 5) is 2.34. The van der Waals surface area contributed by atoms with E-state index in [1.807, 2.05) is 4.57 Å². The number of likely N-dealkylation sites (N-methyl/N-ethyl adjacent to an activating group) is 1. The molecule has 1 aliphatic carbocycles. The Morgan fingerprint density at radius 2 is 2.20 bits per heavy atom. The van der Waals surface area contributed by atoms with Crippen LogP contribution in [-0.4, -0.2) is 39.3 Å². The summed E-state index contributed by atoms with van der Waals surface area (Å²) in [6.45, 7) is 0.954. The predicted octanol–water partition coefficient (Wildman–Crippen LogP) is 1.82. The number of aromatic nitrogens is 3. The van der Waals surface area contributed by atoms with Crippen molar-refractivity contribution >= 4 is 12.2 Å². The van der Waals surface area contributed by atoms with Crippen molar-refractivity contribution < 1.29 is 0 Å². The van der Waals surface area contributed by atoms with Gasteiger partial charge < -0.3 is 9.47 Å². The fraction of sp³-hybridized carbons (Fsp3) is 0.800. The maximum absolute atomic E-state index is 5.18. The summed E-state index contributed by atoms with van der Waals surface area (Å²) in [5, 5.41) is 6.78. The van der Waals surface area contributed by atoms with Gasteiger partial charge in [-0.25, -0.2) is 0 Å². The minimum absolute atomic E-state index is 0.280. The Balaban J connectivity index is 2.21. The van der Waals surface area contributed by atoms with Crippen molar-refractivity contribution in [2.75, 3.05) is 14.1 Å². The molecule has 0 radical (unpaired) electrons. The molecule has 2 rings (SSSR count). The molecule has 0 aliphatic heterocycles. The first-order valence-electron chi connectivity index (χ1n) is 5.41. The smallest absolute Gasteiger partial charge is 0.195 e. The Morgan fingerprint density at radius 1 is 1.53 bits per heavy atom. The fourth-order valence-corrected chi connectivity index (χ4v) is 2.64. The van der Waals surface area contributed by atoms with Crippen LogP contribution in [0.15, 0.2) is 6.33 Å². The third kappa shape index (κ3) is 1.99. The standard InChI is InChI=1S/C10H18N4S/c1-13(2)10(5-3-4-6-10)7-14-8-11-12-9(14)15/h8H,3-7H2,1-2H3,(H,12,15). The number of hydrogen-bond donors (Lipinski definition) is 1. The summed E-state index contributed by atoms with van der Waals surface area (Å²) in [5.74, 6) is 0. The second-order valence-corrected chi connectivity index (χ2v) is 5.00. The van der Waals surface area contributed by atoms with E-state index < -0.39 is 0 Å². The normalized spacial score (nSPS) is 19.9. The summed E-state index contributed by atoms with van der Waals surface area (Å²) >= 11 is 5.18. The van der Waals surface area contributed by atoms with Crippen molar-refractivity contribution in [3.05, 3.63) is 11.1 Å². The Hall–Kier alpha value is -0.680. The van der Waals surface area contributed by atoms with Crippen molar-refractivity contribution in [1.29, 1.82) is 0 Å². The van der Waals surface area contributed by atoms with Crippen LogP contribution in [0.1, 0.15) is 25.7 Å². The maximum atomic E-state index is 5.18.